The summed E-state index contributed by atoms with van der Waals surface area (Å²) in [5.41, 5.74) is 2.03. The van der Waals surface area contributed by atoms with Crippen molar-refractivity contribution in [2.45, 2.75) is 26.6 Å². The van der Waals surface area contributed by atoms with Crippen LogP contribution < -0.4 is 9.47 Å². The molecule has 1 fully saturated rings. The van der Waals surface area contributed by atoms with Crippen molar-refractivity contribution in [2.75, 3.05) is 19.8 Å². The Morgan fingerprint density at radius 3 is 2.61 bits per heavy atom. The minimum absolute atomic E-state index is 0.154. The van der Waals surface area contributed by atoms with Crippen LogP contribution >= 0.6 is 0 Å². The Labute approximate surface area is 162 Å². The number of ether oxygens (including phenoxy) is 4. The maximum Gasteiger partial charge on any atom is 0.349 e. The first kappa shape index (κ1) is 19.8. The summed E-state index contributed by atoms with van der Waals surface area (Å²) in [5, 5.41) is 11.4. The van der Waals surface area contributed by atoms with E-state index in [9.17, 15) is 14.9 Å². The van der Waals surface area contributed by atoms with Gasteiger partial charge in [-0.25, -0.2) is 4.79 Å². The van der Waals surface area contributed by atoms with Crippen molar-refractivity contribution in [3.05, 3.63) is 63.2 Å². The highest BCUT2D eigenvalue weighted by atomic mass is 16.7. The zero-order chi connectivity index (χ0) is 20.1. The Morgan fingerprint density at radius 2 is 1.89 bits per heavy atom. The lowest BCUT2D eigenvalue weighted by molar-refractivity contribution is -0.385. The number of carbonyl (C=O) groups excluding carboxylic acids is 1. The predicted molar refractivity (Wildman–Crippen MR) is 99.4 cm³/mol. The molecule has 0 aliphatic carbocycles. The molecular weight excluding hydrogens is 366 g/mol. The van der Waals surface area contributed by atoms with Crippen molar-refractivity contribution in [1.82, 2.24) is 0 Å². The van der Waals surface area contributed by atoms with Crippen molar-refractivity contribution >= 4 is 11.7 Å². The summed E-state index contributed by atoms with van der Waals surface area (Å²) in [6.07, 6.45) is 0.110. The van der Waals surface area contributed by atoms with E-state index in [1.807, 2.05) is 32.0 Å². The molecule has 0 spiro atoms. The van der Waals surface area contributed by atoms with Crippen molar-refractivity contribution in [3.8, 4) is 11.5 Å². The van der Waals surface area contributed by atoms with Crippen LogP contribution in [-0.4, -0.2) is 30.7 Å². The fourth-order valence-electron chi connectivity index (χ4n) is 2.74. The number of aryl methyl sites for hydroxylation is 2. The van der Waals surface area contributed by atoms with Gasteiger partial charge in [-0.15, -0.1) is 0 Å². The molecule has 1 heterocycles. The number of nitrogens with zero attached hydrogens (tertiary/aromatic N) is 1. The summed E-state index contributed by atoms with van der Waals surface area (Å²) >= 11 is 0. The molecule has 0 atom stereocenters. The molecule has 8 nitrogen and oxygen atoms in total. The lowest BCUT2D eigenvalue weighted by atomic mass is 10.1. The number of nitro groups is 1. The lowest BCUT2D eigenvalue weighted by Gasteiger charge is -2.23. The first-order valence-electron chi connectivity index (χ1n) is 8.86. The standard InChI is InChI=1S/C20H21NO7/c1-13-4-5-14(2)18(10-13)27-12-19(22)28-17-7-6-15(11-16(17)21(23)24)20-25-8-3-9-26-20/h4-7,10-11,20H,3,8-9,12H2,1-2H3. The number of esters is 1. The quantitative estimate of drug-likeness (QED) is 0.323. The Kier molecular flexibility index (Phi) is 6.23. The minimum atomic E-state index is -0.734. The number of hydrogen-bond acceptors (Lipinski definition) is 7. The molecule has 0 amide bonds. The molecule has 148 valence electrons. The molecule has 0 saturated carbocycles. The maximum atomic E-state index is 12.1. The summed E-state index contributed by atoms with van der Waals surface area (Å²) in [4.78, 5) is 22.9. The summed E-state index contributed by atoms with van der Waals surface area (Å²) in [5.74, 6) is -0.325. The van der Waals surface area contributed by atoms with Crippen molar-refractivity contribution in [2.24, 2.45) is 0 Å². The summed E-state index contributed by atoms with van der Waals surface area (Å²) < 4.78 is 21.6. The van der Waals surface area contributed by atoms with E-state index in [0.717, 1.165) is 17.5 Å². The maximum absolute atomic E-state index is 12.1. The van der Waals surface area contributed by atoms with Crippen LogP contribution in [0.15, 0.2) is 36.4 Å². The van der Waals surface area contributed by atoms with Gasteiger partial charge in [-0.2, -0.15) is 0 Å². The molecule has 0 radical (unpaired) electrons. The number of carbonyl (C=O) groups is 1. The number of rotatable bonds is 6. The Morgan fingerprint density at radius 1 is 1.14 bits per heavy atom. The topological polar surface area (TPSA) is 97.1 Å². The van der Waals surface area contributed by atoms with Crippen molar-refractivity contribution in [1.29, 1.82) is 0 Å². The van der Waals surface area contributed by atoms with Gasteiger partial charge in [-0.3, -0.25) is 10.1 Å². The monoisotopic (exact) mass is 387 g/mol. The van der Waals surface area contributed by atoms with E-state index < -0.39 is 17.2 Å². The highest BCUT2D eigenvalue weighted by molar-refractivity contribution is 5.75. The van der Waals surface area contributed by atoms with Gasteiger partial charge >= 0.3 is 11.7 Å². The Balaban J connectivity index is 1.69. The molecule has 3 rings (SSSR count). The number of benzene rings is 2. The van der Waals surface area contributed by atoms with Crippen LogP contribution in [0.25, 0.3) is 0 Å². The van der Waals surface area contributed by atoms with Crippen LogP contribution in [0.5, 0.6) is 11.5 Å². The van der Waals surface area contributed by atoms with Crippen LogP contribution in [0.2, 0.25) is 0 Å². The highest BCUT2D eigenvalue weighted by Crippen LogP contribution is 2.33. The van der Waals surface area contributed by atoms with Crippen LogP contribution in [-0.2, 0) is 14.3 Å². The van der Waals surface area contributed by atoms with Gasteiger partial charge in [0.1, 0.15) is 5.75 Å². The first-order chi connectivity index (χ1) is 13.4. The number of hydrogen-bond donors (Lipinski definition) is 0. The van der Waals surface area contributed by atoms with Gasteiger partial charge in [-0.1, -0.05) is 12.1 Å². The fraction of sp³-hybridized carbons (Fsp3) is 0.350. The Hall–Kier alpha value is -2.97. The zero-order valence-corrected chi connectivity index (χ0v) is 15.7. The van der Waals surface area contributed by atoms with E-state index in [1.54, 1.807) is 6.07 Å². The average Bonchev–Trinajstić information content (AvgIpc) is 2.69. The van der Waals surface area contributed by atoms with E-state index in [4.69, 9.17) is 18.9 Å². The third-order valence-electron chi connectivity index (χ3n) is 4.19. The molecule has 1 aliphatic heterocycles. The molecule has 0 N–H and O–H groups in total. The van der Waals surface area contributed by atoms with Gasteiger partial charge in [0.2, 0.25) is 5.75 Å². The molecular formula is C20H21NO7. The van der Waals surface area contributed by atoms with Gasteiger partial charge < -0.3 is 18.9 Å². The van der Waals surface area contributed by atoms with Gasteiger partial charge in [-0.05, 0) is 49.6 Å². The first-order valence-corrected chi connectivity index (χ1v) is 8.86. The third-order valence-corrected chi connectivity index (χ3v) is 4.19. The largest absolute Gasteiger partial charge is 0.482 e. The van der Waals surface area contributed by atoms with Crippen molar-refractivity contribution in [3.63, 3.8) is 0 Å². The van der Waals surface area contributed by atoms with E-state index in [1.165, 1.54) is 12.1 Å². The summed E-state index contributed by atoms with van der Waals surface area (Å²) in [6.45, 7) is 4.45. The van der Waals surface area contributed by atoms with Gasteiger partial charge in [0, 0.05) is 11.6 Å². The fourth-order valence-corrected chi connectivity index (χ4v) is 2.74. The van der Waals surface area contributed by atoms with Crippen molar-refractivity contribution < 1.29 is 28.7 Å². The average molecular weight is 387 g/mol. The van der Waals surface area contributed by atoms with Gasteiger partial charge in [0.05, 0.1) is 18.1 Å². The predicted octanol–water partition coefficient (Wildman–Crippen LogP) is 3.63. The summed E-state index contributed by atoms with van der Waals surface area (Å²) in [6, 6.07) is 9.87. The second-order valence-corrected chi connectivity index (χ2v) is 6.44. The lowest BCUT2D eigenvalue weighted by Crippen LogP contribution is -2.19. The molecule has 2 aromatic carbocycles. The molecule has 1 saturated heterocycles. The highest BCUT2D eigenvalue weighted by Gasteiger charge is 2.24. The molecule has 0 unspecified atom stereocenters. The van der Waals surface area contributed by atoms with E-state index in [0.29, 0.717) is 24.5 Å². The van der Waals surface area contributed by atoms with Crippen LogP contribution in [0.3, 0.4) is 0 Å². The third kappa shape index (κ3) is 4.85. The normalized spacial score (nSPS) is 14.5. The molecule has 0 bridgehead atoms. The smallest absolute Gasteiger partial charge is 0.349 e. The van der Waals surface area contributed by atoms with Crippen LogP contribution in [0, 0.1) is 24.0 Å². The minimum Gasteiger partial charge on any atom is -0.482 e. The second kappa shape index (κ2) is 8.81. The molecule has 28 heavy (non-hydrogen) atoms. The molecule has 2 aromatic rings. The van der Waals surface area contributed by atoms with Gasteiger partial charge in [0.15, 0.2) is 12.9 Å². The molecule has 1 aliphatic rings. The number of nitro benzene ring substituents is 1. The zero-order valence-electron chi connectivity index (χ0n) is 15.7. The molecule has 8 heteroatoms. The van der Waals surface area contributed by atoms with Gasteiger partial charge in [0.25, 0.3) is 0 Å². The van der Waals surface area contributed by atoms with E-state index in [2.05, 4.69) is 0 Å². The molecule has 0 aromatic heterocycles. The van der Waals surface area contributed by atoms with E-state index in [-0.39, 0.29) is 18.0 Å². The second-order valence-electron chi connectivity index (χ2n) is 6.44. The van der Waals surface area contributed by atoms with E-state index >= 15 is 0 Å². The SMILES string of the molecule is Cc1ccc(C)c(OCC(=O)Oc2ccc(C3OCCCO3)cc2[N+](=O)[O-])c1. The van der Waals surface area contributed by atoms with Crippen LogP contribution in [0.4, 0.5) is 5.69 Å². The Bertz CT molecular complexity index is 875. The van der Waals surface area contributed by atoms with Crippen LogP contribution in [0.1, 0.15) is 29.4 Å². The summed E-state index contributed by atoms with van der Waals surface area (Å²) in [7, 11) is 0.